The molecular formula is C16H28N2O2. The molecule has 1 aliphatic carbocycles. The van der Waals surface area contributed by atoms with Crippen LogP contribution in [0.1, 0.15) is 54.4 Å². The molecule has 2 unspecified atom stereocenters. The lowest BCUT2D eigenvalue weighted by Gasteiger charge is -2.44. The van der Waals surface area contributed by atoms with E-state index in [0.717, 1.165) is 6.54 Å². The topological polar surface area (TPSA) is 49.4 Å². The van der Waals surface area contributed by atoms with Crippen molar-refractivity contribution in [3.63, 3.8) is 0 Å². The van der Waals surface area contributed by atoms with E-state index in [2.05, 4.69) is 19.2 Å². The standard InChI is InChI=1S/C16H28N2O2/c1-10(2)16(7-8-16)9-18-11(3)13(19)17-12(14(18)20)15(4,5)6/h10-12H,7-9H2,1-6H3,(H,17,19). The van der Waals surface area contributed by atoms with E-state index in [1.54, 1.807) is 0 Å². The van der Waals surface area contributed by atoms with Crippen LogP contribution in [0.5, 0.6) is 0 Å². The van der Waals surface area contributed by atoms with Crippen LogP contribution in [-0.4, -0.2) is 35.3 Å². The lowest BCUT2D eigenvalue weighted by molar-refractivity contribution is -0.153. The first-order valence-electron chi connectivity index (χ1n) is 7.69. The predicted molar refractivity (Wildman–Crippen MR) is 79.1 cm³/mol. The molecule has 0 aromatic rings. The Labute approximate surface area is 122 Å². The number of rotatable bonds is 3. The van der Waals surface area contributed by atoms with Gasteiger partial charge in [0.1, 0.15) is 12.1 Å². The Bertz CT molecular complexity index is 419. The number of amides is 2. The van der Waals surface area contributed by atoms with Gasteiger partial charge >= 0.3 is 0 Å². The van der Waals surface area contributed by atoms with Gasteiger partial charge in [-0.25, -0.2) is 0 Å². The Morgan fingerprint density at radius 3 is 2.25 bits per heavy atom. The summed E-state index contributed by atoms with van der Waals surface area (Å²) in [5.41, 5.74) is -0.0103. The highest BCUT2D eigenvalue weighted by atomic mass is 16.2. The molecule has 1 aliphatic heterocycles. The Hall–Kier alpha value is -1.06. The lowest BCUT2D eigenvalue weighted by Crippen LogP contribution is -2.66. The number of carbonyl (C=O) groups excluding carboxylic acids is 2. The van der Waals surface area contributed by atoms with E-state index in [1.807, 2.05) is 32.6 Å². The second-order valence-electron chi connectivity index (χ2n) is 7.97. The second-order valence-corrected chi connectivity index (χ2v) is 7.97. The van der Waals surface area contributed by atoms with E-state index in [4.69, 9.17) is 0 Å². The van der Waals surface area contributed by atoms with Crippen molar-refractivity contribution in [2.24, 2.45) is 16.7 Å². The third-order valence-electron chi connectivity index (χ3n) is 5.13. The molecule has 2 amide bonds. The molecule has 1 N–H and O–H groups in total. The zero-order valence-electron chi connectivity index (χ0n) is 13.6. The first-order valence-corrected chi connectivity index (χ1v) is 7.69. The van der Waals surface area contributed by atoms with Crippen molar-refractivity contribution >= 4 is 11.8 Å². The molecule has 4 heteroatoms. The molecule has 2 aliphatic rings. The first kappa shape index (κ1) is 15.3. The molecule has 2 fully saturated rings. The van der Waals surface area contributed by atoms with Crippen LogP contribution in [0.25, 0.3) is 0 Å². The number of hydrogen-bond donors (Lipinski definition) is 1. The van der Waals surface area contributed by atoms with Crippen molar-refractivity contribution in [1.29, 1.82) is 0 Å². The fraction of sp³-hybridized carbons (Fsp3) is 0.875. The highest BCUT2D eigenvalue weighted by molar-refractivity contribution is 5.97. The molecule has 2 rings (SSSR count). The van der Waals surface area contributed by atoms with Gasteiger partial charge in [-0.05, 0) is 36.5 Å². The minimum absolute atomic E-state index is 0.0240. The molecule has 0 aromatic heterocycles. The van der Waals surface area contributed by atoms with E-state index < -0.39 is 6.04 Å². The minimum Gasteiger partial charge on any atom is -0.342 e. The predicted octanol–water partition coefficient (Wildman–Crippen LogP) is 2.18. The van der Waals surface area contributed by atoms with Gasteiger partial charge in [-0.3, -0.25) is 9.59 Å². The highest BCUT2D eigenvalue weighted by Crippen LogP contribution is 2.52. The van der Waals surface area contributed by atoms with Crippen molar-refractivity contribution in [3.8, 4) is 0 Å². The van der Waals surface area contributed by atoms with Gasteiger partial charge < -0.3 is 10.2 Å². The van der Waals surface area contributed by atoms with Gasteiger partial charge in [-0.1, -0.05) is 34.6 Å². The Morgan fingerprint density at radius 1 is 1.30 bits per heavy atom. The molecule has 0 bridgehead atoms. The number of hydrogen-bond acceptors (Lipinski definition) is 2. The maximum absolute atomic E-state index is 12.8. The SMILES string of the molecule is CC1C(=O)NC(C(C)(C)C)C(=O)N1CC1(C(C)C)CC1. The maximum Gasteiger partial charge on any atom is 0.246 e. The first-order chi connectivity index (χ1) is 9.08. The minimum atomic E-state index is -0.408. The fourth-order valence-corrected chi connectivity index (χ4v) is 3.04. The summed E-state index contributed by atoms with van der Waals surface area (Å²) in [4.78, 5) is 26.8. The summed E-state index contributed by atoms with van der Waals surface area (Å²) < 4.78 is 0. The largest absolute Gasteiger partial charge is 0.342 e. The zero-order chi connectivity index (χ0) is 15.3. The van der Waals surface area contributed by atoms with E-state index in [9.17, 15) is 9.59 Å². The number of nitrogens with zero attached hydrogens (tertiary/aromatic N) is 1. The summed E-state index contributed by atoms with van der Waals surface area (Å²) in [7, 11) is 0. The summed E-state index contributed by atoms with van der Waals surface area (Å²) in [6.45, 7) is 13.0. The molecule has 0 radical (unpaired) electrons. The average Bonchev–Trinajstić information content (AvgIpc) is 3.09. The molecular weight excluding hydrogens is 252 g/mol. The zero-order valence-corrected chi connectivity index (χ0v) is 13.6. The molecule has 1 saturated heterocycles. The van der Waals surface area contributed by atoms with Crippen LogP contribution in [0.3, 0.4) is 0 Å². The van der Waals surface area contributed by atoms with Crippen LogP contribution in [0, 0.1) is 16.7 Å². The Kier molecular flexibility index (Phi) is 3.64. The van der Waals surface area contributed by atoms with Gasteiger partial charge in [-0.2, -0.15) is 0 Å². The number of piperazine rings is 1. The van der Waals surface area contributed by atoms with Crippen LogP contribution in [0.15, 0.2) is 0 Å². The van der Waals surface area contributed by atoms with Crippen LogP contribution < -0.4 is 5.32 Å². The van der Waals surface area contributed by atoms with Gasteiger partial charge in [-0.15, -0.1) is 0 Å². The van der Waals surface area contributed by atoms with Crippen molar-refractivity contribution in [2.45, 2.75) is 66.5 Å². The average molecular weight is 280 g/mol. The molecule has 1 saturated carbocycles. The molecule has 1 heterocycles. The van der Waals surface area contributed by atoms with Gasteiger partial charge in [0.2, 0.25) is 11.8 Å². The van der Waals surface area contributed by atoms with Gasteiger partial charge in [0.25, 0.3) is 0 Å². The van der Waals surface area contributed by atoms with E-state index in [-0.39, 0.29) is 28.7 Å². The normalized spacial score (nSPS) is 29.6. The Morgan fingerprint density at radius 2 is 1.85 bits per heavy atom. The lowest BCUT2D eigenvalue weighted by atomic mass is 9.83. The van der Waals surface area contributed by atoms with Gasteiger partial charge in [0.05, 0.1) is 0 Å². The fourth-order valence-electron chi connectivity index (χ4n) is 3.04. The summed E-state index contributed by atoms with van der Waals surface area (Å²) >= 11 is 0. The molecule has 114 valence electrons. The van der Waals surface area contributed by atoms with Gasteiger partial charge in [0, 0.05) is 6.54 Å². The summed E-state index contributed by atoms with van der Waals surface area (Å²) in [6.07, 6.45) is 2.34. The summed E-state index contributed by atoms with van der Waals surface area (Å²) in [5, 5.41) is 2.89. The van der Waals surface area contributed by atoms with Crippen molar-refractivity contribution in [1.82, 2.24) is 10.2 Å². The van der Waals surface area contributed by atoms with Crippen LogP contribution in [0.2, 0.25) is 0 Å². The van der Waals surface area contributed by atoms with Gasteiger partial charge in [0.15, 0.2) is 0 Å². The molecule has 2 atom stereocenters. The van der Waals surface area contributed by atoms with Crippen LogP contribution in [-0.2, 0) is 9.59 Å². The van der Waals surface area contributed by atoms with Crippen LogP contribution in [0.4, 0.5) is 0 Å². The van der Waals surface area contributed by atoms with Crippen molar-refractivity contribution in [3.05, 3.63) is 0 Å². The molecule has 0 aromatic carbocycles. The van der Waals surface area contributed by atoms with Crippen molar-refractivity contribution < 1.29 is 9.59 Å². The third kappa shape index (κ3) is 2.57. The smallest absolute Gasteiger partial charge is 0.246 e. The summed E-state index contributed by atoms with van der Waals surface area (Å²) in [6, 6.07) is -0.758. The quantitative estimate of drug-likeness (QED) is 0.861. The van der Waals surface area contributed by atoms with Crippen molar-refractivity contribution in [2.75, 3.05) is 6.54 Å². The van der Waals surface area contributed by atoms with E-state index in [1.165, 1.54) is 12.8 Å². The number of carbonyl (C=O) groups is 2. The van der Waals surface area contributed by atoms with E-state index in [0.29, 0.717) is 5.92 Å². The molecule has 0 spiro atoms. The Balaban J connectivity index is 2.21. The number of nitrogens with one attached hydrogen (secondary N) is 1. The third-order valence-corrected chi connectivity index (χ3v) is 5.13. The van der Waals surface area contributed by atoms with Crippen LogP contribution >= 0.6 is 0 Å². The molecule has 4 nitrogen and oxygen atoms in total. The second kappa shape index (κ2) is 4.74. The molecule has 20 heavy (non-hydrogen) atoms. The summed E-state index contributed by atoms with van der Waals surface area (Å²) in [5.74, 6) is 0.612. The monoisotopic (exact) mass is 280 g/mol. The van der Waals surface area contributed by atoms with E-state index >= 15 is 0 Å². The highest BCUT2D eigenvalue weighted by Gasteiger charge is 2.51. The maximum atomic E-state index is 12.8.